The highest BCUT2D eigenvalue weighted by Gasteiger charge is 2.38. The maximum Gasteiger partial charge on any atom is 0.234 e. The zero-order valence-electron chi connectivity index (χ0n) is 18.2. The molecule has 2 aliphatic heterocycles. The van der Waals surface area contributed by atoms with Gasteiger partial charge in [0.2, 0.25) is 17.7 Å². The molecule has 3 amide bonds. The first-order chi connectivity index (χ1) is 14.5. The van der Waals surface area contributed by atoms with Crippen LogP contribution >= 0.6 is 0 Å². The number of benzene rings is 1. The van der Waals surface area contributed by atoms with Crippen molar-refractivity contribution in [1.29, 1.82) is 0 Å². The molecule has 0 bridgehead atoms. The van der Waals surface area contributed by atoms with E-state index in [-0.39, 0.29) is 30.1 Å². The largest absolute Gasteiger partial charge is 0.355 e. The van der Waals surface area contributed by atoms with Crippen molar-refractivity contribution in [2.75, 3.05) is 50.7 Å². The van der Waals surface area contributed by atoms with Crippen molar-refractivity contribution in [3.05, 3.63) is 29.8 Å². The van der Waals surface area contributed by atoms with Gasteiger partial charge in [-0.05, 0) is 30.5 Å². The molecule has 1 atom stereocenters. The maximum atomic E-state index is 13.0. The smallest absolute Gasteiger partial charge is 0.234 e. The molecule has 2 saturated heterocycles. The van der Waals surface area contributed by atoms with E-state index in [0.717, 1.165) is 31.5 Å². The number of unbranched alkanes of at least 4 members (excludes halogenated alkanes) is 1. The monoisotopic (exact) mass is 414 g/mol. The van der Waals surface area contributed by atoms with Crippen LogP contribution in [-0.2, 0) is 20.8 Å². The molecule has 0 spiro atoms. The minimum Gasteiger partial charge on any atom is -0.355 e. The van der Waals surface area contributed by atoms with Crippen molar-refractivity contribution in [2.24, 2.45) is 5.92 Å². The van der Waals surface area contributed by atoms with E-state index in [1.165, 1.54) is 5.56 Å². The van der Waals surface area contributed by atoms with E-state index in [2.05, 4.69) is 30.1 Å². The Labute approximate surface area is 179 Å². The number of hydrogen-bond acceptors (Lipinski definition) is 4. The molecule has 7 nitrogen and oxygen atoms in total. The standard InChI is InChI=1S/C23H34N4O3/c1-3-5-9-24-21(28)17-25-10-12-26(13-11-25)23(30)19-15-22(29)27(16-19)20-8-6-7-18(4-2)14-20/h6-8,14,19H,3-5,9-13,15-17H2,1-2H3,(H,24,28). The van der Waals surface area contributed by atoms with E-state index in [1.807, 2.05) is 23.1 Å². The Bertz CT molecular complexity index is 759. The molecule has 2 aliphatic rings. The molecular formula is C23H34N4O3. The summed E-state index contributed by atoms with van der Waals surface area (Å²) in [5.41, 5.74) is 2.07. The summed E-state index contributed by atoms with van der Waals surface area (Å²) in [4.78, 5) is 43.2. The summed E-state index contributed by atoms with van der Waals surface area (Å²) >= 11 is 0. The van der Waals surface area contributed by atoms with Crippen molar-refractivity contribution >= 4 is 23.4 Å². The molecule has 0 aliphatic carbocycles. The van der Waals surface area contributed by atoms with Gasteiger partial charge in [0.1, 0.15) is 0 Å². The van der Waals surface area contributed by atoms with Crippen LogP contribution in [0.3, 0.4) is 0 Å². The van der Waals surface area contributed by atoms with Gasteiger partial charge in [0.15, 0.2) is 0 Å². The fourth-order valence-corrected chi connectivity index (χ4v) is 4.11. The van der Waals surface area contributed by atoms with Crippen LogP contribution in [0.25, 0.3) is 0 Å². The molecule has 30 heavy (non-hydrogen) atoms. The first-order valence-corrected chi connectivity index (χ1v) is 11.2. The van der Waals surface area contributed by atoms with Crippen LogP contribution in [0.5, 0.6) is 0 Å². The average molecular weight is 415 g/mol. The second-order valence-electron chi connectivity index (χ2n) is 8.23. The highest BCUT2D eigenvalue weighted by Crippen LogP contribution is 2.27. The van der Waals surface area contributed by atoms with Crippen LogP contribution in [0, 0.1) is 5.92 Å². The van der Waals surface area contributed by atoms with E-state index in [1.54, 1.807) is 4.90 Å². The normalized spacial score (nSPS) is 19.9. The summed E-state index contributed by atoms with van der Waals surface area (Å²) in [5.74, 6) is -0.158. The lowest BCUT2D eigenvalue weighted by Crippen LogP contribution is -2.52. The summed E-state index contributed by atoms with van der Waals surface area (Å²) in [5, 5.41) is 2.94. The molecule has 3 rings (SSSR count). The number of nitrogens with zero attached hydrogens (tertiary/aromatic N) is 3. The van der Waals surface area contributed by atoms with Gasteiger partial charge in [0.05, 0.1) is 12.5 Å². The molecule has 1 N–H and O–H groups in total. The SMILES string of the molecule is CCCCNC(=O)CN1CCN(C(=O)C2CC(=O)N(c3cccc(CC)c3)C2)CC1. The third-order valence-electron chi connectivity index (χ3n) is 6.01. The van der Waals surface area contributed by atoms with E-state index < -0.39 is 0 Å². The first-order valence-electron chi connectivity index (χ1n) is 11.2. The van der Waals surface area contributed by atoms with Crippen molar-refractivity contribution < 1.29 is 14.4 Å². The van der Waals surface area contributed by atoms with Gasteiger partial charge in [-0.25, -0.2) is 0 Å². The van der Waals surface area contributed by atoms with Gasteiger partial charge in [-0.1, -0.05) is 32.4 Å². The van der Waals surface area contributed by atoms with Gasteiger partial charge in [-0.15, -0.1) is 0 Å². The summed E-state index contributed by atoms with van der Waals surface area (Å²) in [6.07, 6.45) is 3.24. The number of carbonyl (C=O) groups is 3. The molecule has 2 fully saturated rings. The molecule has 0 aromatic heterocycles. The predicted octanol–water partition coefficient (Wildman–Crippen LogP) is 1.66. The van der Waals surface area contributed by atoms with Gasteiger partial charge in [0.25, 0.3) is 0 Å². The van der Waals surface area contributed by atoms with Crippen LogP contribution in [0.15, 0.2) is 24.3 Å². The molecule has 7 heteroatoms. The van der Waals surface area contributed by atoms with Crippen molar-refractivity contribution in [3.63, 3.8) is 0 Å². The Morgan fingerprint density at radius 3 is 2.60 bits per heavy atom. The number of hydrogen-bond donors (Lipinski definition) is 1. The second kappa shape index (κ2) is 10.6. The van der Waals surface area contributed by atoms with E-state index >= 15 is 0 Å². The molecule has 2 heterocycles. The van der Waals surface area contributed by atoms with Gasteiger partial charge in [-0.3, -0.25) is 19.3 Å². The molecule has 1 aromatic carbocycles. The van der Waals surface area contributed by atoms with Gasteiger partial charge in [0, 0.05) is 51.4 Å². The van der Waals surface area contributed by atoms with Crippen molar-refractivity contribution in [2.45, 2.75) is 39.5 Å². The van der Waals surface area contributed by atoms with Crippen LogP contribution in [-0.4, -0.2) is 73.3 Å². The molecule has 0 saturated carbocycles. The lowest BCUT2D eigenvalue weighted by atomic mass is 10.1. The number of aryl methyl sites for hydroxylation is 1. The topological polar surface area (TPSA) is 73.0 Å². The fourth-order valence-electron chi connectivity index (χ4n) is 4.11. The summed E-state index contributed by atoms with van der Waals surface area (Å²) < 4.78 is 0. The zero-order valence-corrected chi connectivity index (χ0v) is 18.2. The van der Waals surface area contributed by atoms with Crippen LogP contribution in [0.1, 0.15) is 38.7 Å². The lowest BCUT2D eigenvalue weighted by Gasteiger charge is -2.35. The molecule has 164 valence electrons. The molecule has 1 aromatic rings. The zero-order chi connectivity index (χ0) is 21.5. The maximum absolute atomic E-state index is 13.0. The predicted molar refractivity (Wildman–Crippen MR) is 117 cm³/mol. The number of piperazine rings is 1. The first kappa shape index (κ1) is 22.3. The van der Waals surface area contributed by atoms with Crippen molar-refractivity contribution in [3.8, 4) is 0 Å². The molecule has 1 unspecified atom stereocenters. The van der Waals surface area contributed by atoms with Gasteiger partial charge >= 0.3 is 0 Å². The van der Waals surface area contributed by atoms with Gasteiger partial charge in [-0.2, -0.15) is 0 Å². The van der Waals surface area contributed by atoms with Crippen molar-refractivity contribution in [1.82, 2.24) is 15.1 Å². The Hall–Kier alpha value is -2.41. The summed E-state index contributed by atoms with van der Waals surface area (Å²) in [6.45, 7) is 8.34. The van der Waals surface area contributed by atoms with E-state index in [0.29, 0.717) is 39.3 Å². The Balaban J connectivity index is 1.48. The highest BCUT2D eigenvalue weighted by molar-refractivity contribution is 6.00. The summed E-state index contributed by atoms with van der Waals surface area (Å²) in [7, 11) is 0. The fraction of sp³-hybridized carbons (Fsp3) is 0.609. The minimum atomic E-state index is -0.285. The quantitative estimate of drug-likeness (QED) is 0.657. The van der Waals surface area contributed by atoms with Gasteiger partial charge < -0.3 is 15.1 Å². The Morgan fingerprint density at radius 1 is 1.13 bits per heavy atom. The van der Waals surface area contributed by atoms with Crippen LogP contribution < -0.4 is 10.2 Å². The molecular weight excluding hydrogens is 380 g/mol. The van der Waals surface area contributed by atoms with E-state index in [9.17, 15) is 14.4 Å². The lowest BCUT2D eigenvalue weighted by molar-refractivity contribution is -0.137. The number of nitrogens with one attached hydrogen (secondary N) is 1. The number of amides is 3. The third kappa shape index (κ3) is 5.59. The van der Waals surface area contributed by atoms with E-state index in [4.69, 9.17) is 0 Å². The molecule has 0 radical (unpaired) electrons. The Morgan fingerprint density at radius 2 is 1.90 bits per heavy atom. The number of carbonyl (C=O) groups excluding carboxylic acids is 3. The second-order valence-corrected chi connectivity index (χ2v) is 8.23. The average Bonchev–Trinajstić information content (AvgIpc) is 3.15. The number of anilines is 1. The minimum absolute atomic E-state index is 0.0176. The third-order valence-corrected chi connectivity index (χ3v) is 6.01. The Kier molecular flexibility index (Phi) is 7.85. The van der Waals surface area contributed by atoms with Crippen LogP contribution in [0.2, 0.25) is 0 Å². The van der Waals surface area contributed by atoms with Crippen LogP contribution in [0.4, 0.5) is 5.69 Å². The summed E-state index contributed by atoms with van der Waals surface area (Å²) in [6, 6.07) is 7.99. The number of rotatable bonds is 8. The highest BCUT2D eigenvalue weighted by atomic mass is 16.2.